The first kappa shape index (κ1) is 13.4. The van der Waals surface area contributed by atoms with Gasteiger partial charge >= 0.3 is 0 Å². The van der Waals surface area contributed by atoms with Gasteiger partial charge in [-0.25, -0.2) is 0 Å². The molecule has 0 saturated carbocycles. The number of fused-ring (bicyclic) bond motifs is 1. The van der Waals surface area contributed by atoms with Gasteiger partial charge in [0.25, 0.3) is 0 Å². The van der Waals surface area contributed by atoms with Gasteiger partial charge in [-0.1, -0.05) is 32.0 Å². The molecule has 0 aromatic heterocycles. The minimum atomic E-state index is 0.614. The van der Waals surface area contributed by atoms with Crippen molar-refractivity contribution in [2.75, 3.05) is 37.7 Å². The number of anilines is 1. The predicted molar refractivity (Wildman–Crippen MR) is 76.0 cm³/mol. The third-order valence-corrected chi connectivity index (χ3v) is 3.16. The number of nitrogens with zero attached hydrogens (tertiary/aromatic N) is 1. The van der Waals surface area contributed by atoms with E-state index in [1.165, 1.54) is 11.3 Å². The van der Waals surface area contributed by atoms with Gasteiger partial charge in [0.05, 0.1) is 6.61 Å². The van der Waals surface area contributed by atoms with Crippen molar-refractivity contribution in [1.29, 1.82) is 0 Å². The maximum Gasteiger partial charge on any atom is 0.0641 e. The monoisotopic (exact) mass is 248 g/mol. The van der Waals surface area contributed by atoms with Crippen LogP contribution in [0.5, 0.6) is 0 Å². The SMILES string of the molecule is CC(C)COCCN1CCNCc2ccccc21. The zero-order chi connectivity index (χ0) is 12.8. The van der Waals surface area contributed by atoms with E-state index < -0.39 is 0 Å². The maximum absolute atomic E-state index is 5.69. The van der Waals surface area contributed by atoms with Gasteiger partial charge in [-0.15, -0.1) is 0 Å². The van der Waals surface area contributed by atoms with E-state index in [1.54, 1.807) is 0 Å². The molecule has 1 aliphatic heterocycles. The van der Waals surface area contributed by atoms with Crippen molar-refractivity contribution in [1.82, 2.24) is 5.32 Å². The van der Waals surface area contributed by atoms with E-state index in [2.05, 4.69) is 48.3 Å². The number of rotatable bonds is 5. The summed E-state index contributed by atoms with van der Waals surface area (Å²) in [6, 6.07) is 8.64. The Bertz CT molecular complexity index is 365. The molecule has 0 spiro atoms. The van der Waals surface area contributed by atoms with Crippen molar-refractivity contribution >= 4 is 5.69 Å². The molecule has 0 radical (unpaired) electrons. The molecular formula is C15H24N2O. The molecule has 1 aliphatic rings. The minimum absolute atomic E-state index is 0.614. The molecular weight excluding hydrogens is 224 g/mol. The Morgan fingerprint density at radius 1 is 1.33 bits per heavy atom. The fourth-order valence-electron chi connectivity index (χ4n) is 2.25. The van der Waals surface area contributed by atoms with Crippen molar-refractivity contribution in [3.8, 4) is 0 Å². The molecule has 2 rings (SSSR count). The highest BCUT2D eigenvalue weighted by Gasteiger charge is 2.13. The topological polar surface area (TPSA) is 24.5 Å². The number of nitrogens with one attached hydrogen (secondary N) is 1. The number of hydrogen-bond donors (Lipinski definition) is 1. The lowest BCUT2D eigenvalue weighted by atomic mass is 10.1. The summed E-state index contributed by atoms with van der Waals surface area (Å²) >= 11 is 0. The van der Waals surface area contributed by atoms with Gasteiger partial charge in [0.15, 0.2) is 0 Å². The summed E-state index contributed by atoms with van der Waals surface area (Å²) in [7, 11) is 0. The molecule has 0 aliphatic carbocycles. The quantitative estimate of drug-likeness (QED) is 0.809. The van der Waals surface area contributed by atoms with Gasteiger partial charge in [0.1, 0.15) is 0 Å². The molecule has 0 unspecified atom stereocenters. The summed E-state index contributed by atoms with van der Waals surface area (Å²) < 4.78 is 5.69. The molecule has 3 heteroatoms. The fraction of sp³-hybridized carbons (Fsp3) is 0.600. The average molecular weight is 248 g/mol. The molecule has 18 heavy (non-hydrogen) atoms. The lowest BCUT2D eigenvalue weighted by Gasteiger charge is -2.24. The van der Waals surface area contributed by atoms with Gasteiger partial charge in [-0.2, -0.15) is 0 Å². The van der Waals surface area contributed by atoms with Crippen LogP contribution < -0.4 is 10.2 Å². The summed E-state index contributed by atoms with van der Waals surface area (Å²) in [4.78, 5) is 2.43. The average Bonchev–Trinajstić information content (AvgIpc) is 2.57. The smallest absolute Gasteiger partial charge is 0.0641 e. The third-order valence-electron chi connectivity index (χ3n) is 3.16. The number of ether oxygens (including phenoxy) is 1. The highest BCUT2D eigenvalue weighted by atomic mass is 16.5. The number of para-hydroxylation sites is 1. The Morgan fingerprint density at radius 2 is 2.17 bits per heavy atom. The van der Waals surface area contributed by atoms with E-state index in [1.807, 2.05) is 0 Å². The van der Waals surface area contributed by atoms with Crippen LogP contribution in [0.2, 0.25) is 0 Å². The van der Waals surface area contributed by atoms with Crippen molar-refractivity contribution in [2.45, 2.75) is 20.4 Å². The standard InChI is InChI=1S/C15H24N2O/c1-13(2)12-18-10-9-17-8-7-16-11-14-5-3-4-6-15(14)17/h3-6,13,16H,7-12H2,1-2H3. The Labute approximate surface area is 110 Å². The molecule has 0 amide bonds. The summed E-state index contributed by atoms with van der Waals surface area (Å²) in [5.74, 6) is 0.614. The summed E-state index contributed by atoms with van der Waals surface area (Å²) in [5.41, 5.74) is 2.74. The first-order chi connectivity index (χ1) is 8.77. The van der Waals surface area contributed by atoms with Gasteiger partial charge in [-0.05, 0) is 17.5 Å². The molecule has 3 nitrogen and oxygen atoms in total. The van der Waals surface area contributed by atoms with Crippen molar-refractivity contribution in [3.63, 3.8) is 0 Å². The second-order valence-corrected chi connectivity index (χ2v) is 5.26. The molecule has 100 valence electrons. The van der Waals surface area contributed by atoms with E-state index in [0.29, 0.717) is 5.92 Å². The third kappa shape index (κ3) is 3.72. The van der Waals surface area contributed by atoms with Crippen molar-refractivity contribution in [3.05, 3.63) is 29.8 Å². The zero-order valence-corrected chi connectivity index (χ0v) is 11.5. The van der Waals surface area contributed by atoms with Crippen LogP contribution in [0, 0.1) is 5.92 Å². The molecule has 0 fully saturated rings. The van der Waals surface area contributed by atoms with Crippen LogP contribution in [0.3, 0.4) is 0 Å². The molecule has 0 saturated heterocycles. The highest BCUT2D eigenvalue weighted by Crippen LogP contribution is 2.21. The van der Waals surface area contributed by atoms with Gasteiger partial charge < -0.3 is 15.0 Å². The predicted octanol–water partition coefficient (Wildman–Crippen LogP) is 2.27. The van der Waals surface area contributed by atoms with Gasteiger partial charge in [-0.3, -0.25) is 0 Å². The van der Waals surface area contributed by atoms with Crippen molar-refractivity contribution in [2.24, 2.45) is 5.92 Å². The largest absolute Gasteiger partial charge is 0.379 e. The van der Waals surface area contributed by atoms with E-state index in [0.717, 1.165) is 39.4 Å². The normalized spacial score (nSPS) is 15.6. The van der Waals surface area contributed by atoms with E-state index in [9.17, 15) is 0 Å². The first-order valence-corrected chi connectivity index (χ1v) is 6.88. The fourth-order valence-corrected chi connectivity index (χ4v) is 2.25. The van der Waals surface area contributed by atoms with Crippen LogP contribution in [0.15, 0.2) is 24.3 Å². The lowest BCUT2D eigenvalue weighted by molar-refractivity contribution is 0.115. The molecule has 0 bridgehead atoms. The van der Waals surface area contributed by atoms with Gasteiger partial charge in [0.2, 0.25) is 0 Å². The maximum atomic E-state index is 5.69. The van der Waals surface area contributed by atoms with E-state index >= 15 is 0 Å². The lowest BCUT2D eigenvalue weighted by Crippen LogP contribution is -2.32. The Kier molecular flexibility index (Phi) is 5.02. The zero-order valence-electron chi connectivity index (χ0n) is 11.5. The summed E-state index contributed by atoms with van der Waals surface area (Å²) in [5, 5.41) is 3.46. The van der Waals surface area contributed by atoms with E-state index in [4.69, 9.17) is 4.74 Å². The number of benzene rings is 1. The summed E-state index contributed by atoms with van der Waals surface area (Å²) in [6.07, 6.45) is 0. The Morgan fingerprint density at radius 3 is 3.00 bits per heavy atom. The molecule has 1 aromatic rings. The molecule has 1 N–H and O–H groups in total. The molecule has 1 aromatic carbocycles. The highest BCUT2D eigenvalue weighted by molar-refractivity contribution is 5.54. The molecule has 1 heterocycles. The summed E-state index contributed by atoms with van der Waals surface area (Å²) in [6.45, 7) is 10.1. The van der Waals surface area contributed by atoms with Crippen LogP contribution >= 0.6 is 0 Å². The molecule has 0 atom stereocenters. The van der Waals surface area contributed by atoms with Crippen LogP contribution in [-0.2, 0) is 11.3 Å². The van der Waals surface area contributed by atoms with Crippen LogP contribution in [-0.4, -0.2) is 32.8 Å². The Hall–Kier alpha value is -1.06. The Balaban J connectivity index is 1.91. The van der Waals surface area contributed by atoms with Gasteiger partial charge in [0, 0.05) is 38.5 Å². The minimum Gasteiger partial charge on any atom is -0.379 e. The van der Waals surface area contributed by atoms with Crippen LogP contribution in [0.4, 0.5) is 5.69 Å². The van der Waals surface area contributed by atoms with E-state index in [-0.39, 0.29) is 0 Å². The number of hydrogen-bond acceptors (Lipinski definition) is 3. The van der Waals surface area contributed by atoms with Crippen LogP contribution in [0.25, 0.3) is 0 Å². The second kappa shape index (κ2) is 6.76. The first-order valence-electron chi connectivity index (χ1n) is 6.88. The van der Waals surface area contributed by atoms with Crippen molar-refractivity contribution < 1.29 is 4.74 Å². The van der Waals surface area contributed by atoms with Crippen LogP contribution in [0.1, 0.15) is 19.4 Å². The second-order valence-electron chi connectivity index (χ2n) is 5.26.